The highest BCUT2D eigenvalue weighted by Crippen LogP contribution is 2.34. The number of nitrogens with one attached hydrogen (secondary N) is 2. The van der Waals surface area contributed by atoms with E-state index in [1.54, 1.807) is 34.6 Å². The van der Waals surface area contributed by atoms with Gasteiger partial charge in [0.1, 0.15) is 5.75 Å². The molecule has 0 unspecified atom stereocenters. The van der Waals surface area contributed by atoms with Crippen molar-refractivity contribution in [3.63, 3.8) is 0 Å². The van der Waals surface area contributed by atoms with Crippen LogP contribution in [0.4, 0.5) is 0 Å². The molecule has 3 rings (SSSR count). The average molecular weight is 551 g/mol. The van der Waals surface area contributed by atoms with Crippen LogP contribution in [0.1, 0.15) is 16.7 Å². The van der Waals surface area contributed by atoms with E-state index in [0.29, 0.717) is 36.3 Å². The molecule has 0 aliphatic carbocycles. The number of rotatable bonds is 9. The largest absolute Gasteiger partial charge is 0.496 e. The first kappa shape index (κ1) is 25.3. The molecule has 0 saturated heterocycles. The molecule has 3 aromatic rings. The van der Waals surface area contributed by atoms with E-state index in [9.17, 15) is 0 Å². The fraction of sp³-hybridized carbons (Fsp3) is 0.304. The van der Waals surface area contributed by atoms with E-state index in [4.69, 9.17) is 14.2 Å². The minimum Gasteiger partial charge on any atom is -0.496 e. The van der Waals surface area contributed by atoms with Crippen LogP contribution in [-0.2, 0) is 19.6 Å². The first-order valence-corrected chi connectivity index (χ1v) is 9.96. The Hall–Kier alpha value is -2.95. The molecule has 8 nitrogen and oxygen atoms in total. The summed E-state index contributed by atoms with van der Waals surface area (Å²) in [6.45, 7) is 1.87. The number of ether oxygens (including phenoxy) is 3. The highest BCUT2D eigenvalue weighted by Gasteiger charge is 2.12. The lowest BCUT2D eigenvalue weighted by Crippen LogP contribution is -2.36. The smallest absolute Gasteiger partial charge is 0.191 e. The molecule has 0 amide bonds. The van der Waals surface area contributed by atoms with Crippen LogP contribution in [-0.4, -0.2) is 44.1 Å². The third-order valence-electron chi connectivity index (χ3n) is 4.91. The molecule has 1 heterocycles. The van der Waals surface area contributed by atoms with Crippen molar-refractivity contribution in [3.8, 4) is 17.2 Å². The minimum atomic E-state index is 0. The Labute approximate surface area is 206 Å². The SMILES string of the molecule is CN=C(NCc1ccccc1Cn1cccn1)NCc1cc(OC)c(OC)cc1OC.I. The van der Waals surface area contributed by atoms with Crippen LogP contribution in [0.15, 0.2) is 59.9 Å². The normalized spacial score (nSPS) is 10.8. The minimum absolute atomic E-state index is 0. The number of benzene rings is 2. The van der Waals surface area contributed by atoms with Crippen LogP contribution < -0.4 is 24.8 Å². The topological polar surface area (TPSA) is 81.9 Å². The summed E-state index contributed by atoms with van der Waals surface area (Å²) in [5.74, 6) is 2.67. The van der Waals surface area contributed by atoms with Crippen molar-refractivity contribution in [2.24, 2.45) is 4.99 Å². The Bertz CT molecular complexity index is 1010. The zero-order valence-corrected chi connectivity index (χ0v) is 21.1. The van der Waals surface area contributed by atoms with Crippen molar-refractivity contribution in [1.82, 2.24) is 20.4 Å². The monoisotopic (exact) mass is 551 g/mol. The van der Waals surface area contributed by atoms with Crippen LogP contribution in [0.3, 0.4) is 0 Å². The molecule has 0 saturated carbocycles. The Morgan fingerprint density at radius 1 is 0.875 bits per heavy atom. The maximum Gasteiger partial charge on any atom is 0.191 e. The number of methoxy groups -OCH3 is 3. The van der Waals surface area contributed by atoms with Crippen molar-refractivity contribution in [2.45, 2.75) is 19.6 Å². The lowest BCUT2D eigenvalue weighted by Gasteiger charge is -2.17. The number of halogens is 1. The molecule has 2 N–H and O–H groups in total. The van der Waals surface area contributed by atoms with E-state index >= 15 is 0 Å². The van der Waals surface area contributed by atoms with Gasteiger partial charge in [-0.2, -0.15) is 5.10 Å². The predicted octanol–water partition coefficient (Wildman–Crippen LogP) is 3.44. The highest BCUT2D eigenvalue weighted by atomic mass is 127. The highest BCUT2D eigenvalue weighted by molar-refractivity contribution is 14.0. The summed E-state index contributed by atoms with van der Waals surface area (Å²) in [7, 11) is 6.60. The maximum absolute atomic E-state index is 5.50. The zero-order valence-electron chi connectivity index (χ0n) is 18.8. The lowest BCUT2D eigenvalue weighted by atomic mass is 10.1. The van der Waals surface area contributed by atoms with Crippen molar-refractivity contribution in [1.29, 1.82) is 0 Å². The van der Waals surface area contributed by atoms with Gasteiger partial charge >= 0.3 is 0 Å². The summed E-state index contributed by atoms with van der Waals surface area (Å²) in [6, 6.07) is 13.9. The molecule has 0 aliphatic heterocycles. The second-order valence-electron chi connectivity index (χ2n) is 6.77. The van der Waals surface area contributed by atoms with E-state index in [1.807, 2.05) is 41.2 Å². The molecule has 0 aliphatic rings. The van der Waals surface area contributed by atoms with Gasteiger partial charge in [-0.15, -0.1) is 24.0 Å². The summed E-state index contributed by atoms with van der Waals surface area (Å²) < 4.78 is 18.2. The molecular weight excluding hydrogens is 521 g/mol. The second kappa shape index (κ2) is 12.8. The van der Waals surface area contributed by atoms with Gasteiger partial charge in [-0.25, -0.2) is 0 Å². The van der Waals surface area contributed by atoms with Gasteiger partial charge in [-0.05, 0) is 23.3 Å². The van der Waals surface area contributed by atoms with Gasteiger partial charge in [-0.3, -0.25) is 9.67 Å². The van der Waals surface area contributed by atoms with Crippen LogP contribution in [0, 0.1) is 0 Å². The Kier molecular flexibility index (Phi) is 10.1. The molecule has 0 radical (unpaired) electrons. The molecule has 0 atom stereocenters. The van der Waals surface area contributed by atoms with Crippen molar-refractivity contribution in [3.05, 3.63) is 71.5 Å². The summed E-state index contributed by atoms with van der Waals surface area (Å²) in [4.78, 5) is 4.34. The van der Waals surface area contributed by atoms with E-state index in [0.717, 1.165) is 12.1 Å². The summed E-state index contributed by atoms with van der Waals surface area (Å²) in [6.07, 6.45) is 3.75. The van der Waals surface area contributed by atoms with Crippen LogP contribution in [0.5, 0.6) is 17.2 Å². The fourth-order valence-corrected chi connectivity index (χ4v) is 3.26. The van der Waals surface area contributed by atoms with Gasteiger partial charge < -0.3 is 24.8 Å². The fourth-order valence-electron chi connectivity index (χ4n) is 3.26. The van der Waals surface area contributed by atoms with E-state index in [1.165, 1.54) is 11.1 Å². The molecule has 172 valence electrons. The first-order chi connectivity index (χ1) is 15.2. The van der Waals surface area contributed by atoms with Crippen molar-refractivity contribution in [2.75, 3.05) is 28.4 Å². The molecular formula is C23H30IN5O3. The number of hydrogen-bond acceptors (Lipinski definition) is 5. The molecule has 1 aromatic heterocycles. The number of nitrogens with zero attached hydrogens (tertiary/aromatic N) is 3. The third-order valence-corrected chi connectivity index (χ3v) is 4.91. The Morgan fingerprint density at radius 2 is 1.50 bits per heavy atom. The number of hydrogen-bond donors (Lipinski definition) is 2. The summed E-state index contributed by atoms with van der Waals surface area (Å²) in [5.41, 5.74) is 3.32. The average Bonchev–Trinajstić information content (AvgIpc) is 3.32. The Morgan fingerprint density at radius 3 is 2.09 bits per heavy atom. The van der Waals surface area contributed by atoms with Gasteiger partial charge in [0.05, 0.1) is 27.9 Å². The molecule has 9 heteroatoms. The predicted molar refractivity (Wildman–Crippen MR) is 136 cm³/mol. The standard InChI is InChI=1S/C23H29N5O3.HI/c1-24-23(26-15-19-12-21(30-3)22(31-4)13-20(19)29-2)25-14-17-8-5-6-9-18(17)16-28-11-7-10-27-28;/h5-13H,14-16H2,1-4H3,(H2,24,25,26);1H. The van der Waals surface area contributed by atoms with Crippen LogP contribution in [0.25, 0.3) is 0 Å². The molecule has 2 aromatic carbocycles. The van der Waals surface area contributed by atoms with Crippen LogP contribution >= 0.6 is 24.0 Å². The summed E-state index contributed by atoms with van der Waals surface area (Å²) >= 11 is 0. The maximum atomic E-state index is 5.50. The first-order valence-electron chi connectivity index (χ1n) is 9.96. The molecule has 32 heavy (non-hydrogen) atoms. The second-order valence-corrected chi connectivity index (χ2v) is 6.77. The molecule has 0 spiro atoms. The van der Waals surface area contributed by atoms with E-state index < -0.39 is 0 Å². The quantitative estimate of drug-likeness (QED) is 0.241. The van der Waals surface area contributed by atoms with Crippen molar-refractivity contribution < 1.29 is 14.2 Å². The Balaban J connectivity index is 0.00000363. The third kappa shape index (κ3) is 6.52. The van der Waals surface area contributed by atoms with E-state index in [-0.39, 0.29) is 24.0 Å². The van der Waals surface area contributed by atoms with Gasteiger partial charge in [0, 0.05) is 44.2 Å². The van der Waals surface area contributed by atoms with Crippen molar-refractivity contribution >= 4 is 29.9 Å². The van der Waals surface area contributed by atoms with E-state index in [2.05, 4.69) is 32.9 Å². The number of guanidine groups is 1. The van der Waals surface area contributed by atoms with Gasteiger partial charge in [-0.1, -0.05) is 24.3 Å². The molecule has 0 bridgehead atoms. The number of aliphatic imine (C=N–C) groups is 1. The summed E-state index contributed by atoms with van der Waals surface area (Å²) in [5, 5.41) is 11.0. The van der Waals surface area contributed by atoms with Gasteiger partial charge in [0.2, 0.25) is 0 Å². The number of aromatic nitrogens is 2. The zero-order chi connectivity index (χ0) is 22.1. The van der Waals surface area contributed by atoms with Gasteiger partial charge in [0.15, 0.2) is 17.5 Å². The molecule has 0 fully saturated rings. The lowest BCUT2D eigenvalue weighted by molar-refractivity contribution is 0.347. The van der Waals surface area contributed by atoms with Gasteiger partial charge in [0.25, 0.3) is 0 Å². The van der Waals surface area contributed by atoms with Crippen LogP contribution in [0.2, 0.25) is 0 Å².